The highest BCUT2D eigenvalue weighted by Crippen LogP contribution is 2.26. The Morgan fingerprint density at radius 1 is 1.15 bits per heavy atom. The average Bonchev–Trinajstić information content (AvgIpc) is 2.58. The van der Waals surface area contributed by atoms with Crippen LogP contribution in [0.2, 0.25) is 5.02 Å². The maximum absolute atomic E-state index is 13.2. The van der Waals surface area contributed by atoms with Gasteiger partial charge in [0.05, 0.1) is 0 Å². The van der Waals surface area contributed by atoms with Crippen molar-refractivity contribution in [3.05, 3.63) is 59.4 Å². The highest BCUT2D eigenvalue weighted by atomic mass is 35.5. The number of nitrogens with one attached hydrogen (secondary N) is 2. The molecule has 0 aliphatic heterocycles. The third-order valence-corrected chi connectivity index (χ3v) is 4.81. The second-order valence-corrected chi connectivity index (χ2v) is 6.92. The molecule has 5 nitrogen and oxygen atoms in total. The molecule has 0 atom stereocenters. The monoisotopic (exact) mass is 389 g/mol. The van der Waals surface area contributed by atoms with E-state index < -0.39 is 0 Å². The summed E-state index contributed by atoms with van der Waals surface area (Å²) in [4.78, 5) is 26.2. The standard InChI is InChI=1S/C20H21ClFN3O2/c21-15-5-2-6-17(13-15)24-20(27)25(18-9-7-16(22)8-10-18)12-11-23-19(26)14-3-1-4-14/h2,5-10,13-14H,1,3-4,11-12H2,(H,23,26)(H,24,27). The molecular weight excluding hydrogens is 369 g/mol. The molecule has 2 aromatic carbocycles. The molecule has 1 saturated carbocycles. The predicted molar refractivity (Wildman–Crippen MR) is 105 cm³/mol. The van der Waals surface area contributed by atoms with Gasteiger partial charge in [0.25, 0.3) is 0 Å². The van der Waals surface area contributed by atoms with Crippen molar-refractivity contribution < 1.29 is 14.0 Å². The zero-order valence-corrected chi connectivity index (χ0v) is 15.5. The molecule has 0 saturated heterocycles. The Morgan fingerprint density at radius 2 is 1.89 bits per heavy atom. The molecule has 0 radical (unpaired) electrons. The molecule has 1 aliphatic carbocycles. The number of hydrogen-bond donors (Lipinski definition) is 2. The zero-order chi connectivity index (χ0) is 19.2. The SMILES string of the molecule is O=C(NCCN(C(=O)Nc1cccc(Cl)c1)c1ccc(F)cc1)C1CCC1. The first-order valence-electron chi connectivity index (χ1n) is 8.90. The second-order valence-electron chi connectivity index (χ2n) is 6.49. The van der Waals surface area contributed by atoms with Crippen LogP contribution in [0.15, 0.2) is 48.5 Å². The van der Waals surface area contributed by atoms with Gasteiger partial charge in [-0.2, -0.15) is 0 Å². The molecule has 27 heavy (non-hydrogen) atoms. The first kappa shape index (κ1) is 19.2. The average molecular weight is 390 g/mol. The van der Waals surface area contributed by atoms with E-state index in [1.54, 1.807) is 24.3 Å². The van der Waals surface area contributed by atoms with Crippen LogP contribution in [-0.2, 0) is 4.79 Å². The molecule has 0 heterocycles. The number of hydrogen-bond acceptors (Lipinski definition) is 2. The number of urea groups is 1. The Kier molecular flexibility index (Phi) is 6.29. The van der Waals surface area contributed by atoms with Gasteiger partial charge < -0.3 is 10.6 Å². The lowest BCUT2D eigenvalue weighted by Gasteiger charge is -2.26. The van der Waals surface area contributed by atoms with Crippen LogP contribution < -0.4 is 15.5 Å². The summed E-state index contributed by atoms with van der Waals surface area (Å²) >= 11 is 5.96. The maximum Gasteiger partial charge on any atom is 0.326 e. The van der Waals surface area contributed by atoms with Crippen molar-refractivity contribution in [2.24, 2.45) is 5.92 Å². The summed E-state index contributed by atoms with van der Waals surface area (Å²) in [5, 5.41) is 6.15. The zero-order valence-electron chi connectivity index (χ0n) is 14.8. The van der Waals surface area contributed by atoms with Gasteiger partial charge in [0, 0.05) is 35.4 Å². The van der Waals surface area contributed by atoms with Gasteiger partial charge in [0.2, 0.25) is 5.91 Å². The van der Waals surface area contributed by atoms with Crippen molar-refractivity contribution in [3.63, 3.8) is 0 Å². The van der Waals surface area contributed by atoms with Crippen LogP contribution in [0.5, 0.6) is 0 Å². The molecule has 1 fully saturated rings. The molecule has 3 rings (SSSR count). The number of amides is 3. The molecule has 2 aromatic rings. The molecule has 7 heteroatoms. The van der Waals surface area contributed by atoms with Crippen LogP contribution in [-0.4, -0.2) is 25.0 Å². The fraction of sp³-hybridized carbons (Fsp3) is 0.300. The highest BCUT2D eigenvalue weighted by molar-refractivity contribution is 6.30. The van der Waals surface area contributed by atoms with Gasteiger partial charge >= 0.3 is 6.03 Å². The fourth-order valence-electron chi connectivity index (χ4n) is 2.83. The van der Waals surface area contributed by atoms with Crippen molar-refractivity contribution in [1.82, 2.24) is 5.32 Å². The summed E-state index contributed by atoms with van der Waals surface area (Å²) in [5.41, 5.74) is 1.09. The number of benzene rings is 2. The van der Waals surface area contributed by atoms with E-state index >= 15 is 0 Å². The molecule has 0 bridgehead atoms. The van der Waals surface area contributed by atoms with Crippen LogP contribution >= 0.6 is 11.6 Å². The molecule has 3 amide bonds. The summed E-state index contributed by atoms with van der Waals surface area (Å²) in [6.07, 6.45) is 2.92. The third kappa shape index (κ3) is 5.20. The molecule has 142 valence electrons. The predicted octanol–water partition coefficient (Wildman–Crippen LogP) is 4.43. The van der Waals surface area contributed by atoms with Crippen LogP contribution in [0.25, 0.3) is 0 Å². The molecular formula is C20H21ClFN3O2. The number of rotatable bonds is 6. The minimum atomic E-state index is -0.387. The lowest BCUT2D eigenvalue weighted by molar-refractivity contribution is -0.127. The fourth-order valence-corrected chi connectivity index (χ4v) is 3.02. The summed E-state index contributed by atoms with van der Waals surface area (Å²) in [5.74, 6) is -0.271. The van der Waals surface area contributed by atoms with E-state index in [1.807, 2.05) is 0 Å². The molecule has 0 aromatic heterocycles. The number of carbonyl (C=O) groups is 2. The Hall–Kier alpha value is -2.60. The second kappa shape index (κ2) is 8.86. The Bertz CT molecular complexity index is 809. The van der Waals surface area contributed by atoms with Gasteiger partial charge in [-0.3, -0.25) is 9.69 Å². The lowest BCUT2D eigenvalue weighted by atomic mass is 9.85. The van der Waals surface area contributed by atoms with Crippen molar-refractivity contribution >= 4 is 34.9 Å². The summed E-state index contributed by atoms with van der Waals surface area (Å²) in [7, 11) is 0. The molecule has 0 unspecified atom stereocenters. The van der Waals surface area contributed by atoms with Gasteiger partial charge in [-0.25, -0.2) is 9.18 Å². The first-order chi connectivity index (χ1) is 13.0. The van der Waals surface area contributed by atoms with Gasteiger partial charge in [-0.05, 0) is 55.3 Å². The Morgan fingerprint density at radius 3 is 2.52 bits per heavy atom. The molecule has 0 spiro atoms. The topological polar surface area (TPSA) is 61.4 Å². The third-order valence-electron chi connectivity index (χ3n) is 4.57. The van der Waals surface area contributed by atoms with E-state index in [9.17, 15) is 14.0 Å². The van der Waals surface area contributed by atoms with Crippen molar-refractivity contribution in [2.75, 3.05) is 23.3 Å². The molecule has 1 aliphatic rings. The summed E-state index contributed by atoms with van der Waals surface area (Å²) < 4.78 is 13.2. The van der Waals surface area contributed by atoms with Crippen molar-refractivity contribution in [1.29, 1.82) is 0 Å². The van der Waals surface area contributed by atoms with Gasteiger partial charge in [0.15, 0.2) is 0 Å². The molecule has 2 N–H and O–H groups in total. The minimum Gasteiger partial charge on any atom is -0.354 e. The number of halogens is 2. The van der Waals surface area contributed by atoms with Crippen LogP contribution in [0.4, 0.5) is 20.6 Å². The van der Waals surface area contributed by atoms with E-state index in [1.165, 1.54) is 29.2 Å². The van der Waals surface area contributed by atoms with Crippen LogP contribution in [0.3, 0.4) is 0 Å². The Labute approximate surface area is 162 Å². The number of carbonyl (C=O) groups excluding carboxylic acids is 2. The smallest absolute Gasteiger partial charge is 0.326 e. The van der Waals surface area contributed by atoms with Gasteiger partial charge in [-0.1, -0.05) is 24.1 Å². The van der Waals surface area contributed by atoms with E-state index in [0.717, 1.165) is 19.3 Å². The highest BCUT2D eigenvalue weighted by Gasteiger charge is 2.25. The van der Waals surface area contributed by atoms with Gasteiger partial charge in [-0.15, -0.1) is 0 Å². The van der Waals surface area contributed by atoms with Crippen LogP contribution in [0.1, 0.15) is 19.3 Å². The maximum atomic E-state index is 13.2. The first-order valence-corrected chi connectivity index (χ1v) is 9.28. The largest absolute Gasteiger partial charge is 0.354 e. The number of nitrogens with zero attached hydrogens (tertiary/aromatic N) is 1. The van der Waals surface area contributed by atoms with Crippen molar-refractivity contribution in [2.45, 2.75) is 19.3 Å². The lowest BCUT2D eigenvalue weighted by Crippen LogP contribution is -2.43. The number of anilines is 2. The summed E-state index contributed by atoms with van der Waals surface area (Å²) in [6, 6.07) is 12.1. The van der Waals surface area contributed by atoms with E-state index in [-0.39, 0.29) is 30.2 Å². The summed E-state index contributed by atoms with van der Waals surface area (Å²) in [6.45, 7) is 0.576. The minimum absolute atomic E-state index is 0.0237. The van der Waals surface area contributed by atoms with Crippen molar-refractivity contribution in [3.8, 4) is 0 Å². The Balaban J connectivity index is 1.67. The van der Waals surface area contributed by atoms with Crippen LogP contribution in [0, 0.1) is 11.7 Å². The van der Waals surface area contributed by atoms with E-state index in [0.29, 0.717) is 22.9 Å². The quantitative estimate of drug-likeness (QED) is 0.767. The normalized spacial score (nSPS) is 13.6. The van der Waals surface area contributed by atoms with Gasteiger partial charge in [0.1, 0.15) is 5.82 Å². The van der Waals surface area contributed by atoms with E-state index in [4.69, 9.17) is 11.6 Å². The van der Waals surface area contributed by atoms with E-state index in [2.05, 4.69) is 10.6 Å².